The highest BCUT2D eigenvalue weighted by Gasteiger charge is 2.25. The first-order valence-corrected chi connectivity index (χ1v) is 8.42. The number of fused-ring (bicyclic) bond motifs is 1. The van der Waals surface area contributed by atoms with E-state index in [1.54, 1.807) is 18.2 Å². The molecule has 5 heteroatoms. The van der Waals surface area contributed by atoms with Gasteiger partial charge in [0.2, 0.25) is 0 Å². The lowest BCUT2D eigenvalue weighted by Gasteiger charge is -2.11. The number of benzene rings is 2. The van der Waals surface area contributed by atoms with Crippen LogP contribution >= 0.6 is 11.6 Å². The molecule has 0 radical (unpaired) electrons. The van der Waals surface area contributed by atoms with Crippen LogP contribution < -0.4 is 10.5 Å². The first-order valence-electron chi connectivity index (χ1n) is 6.72. The Morgan fingerprint density at radius 3 is 2.95 bits per heavy atom. The highest BCUT2D eigenvalue weighted by atomic mass is 35.5. The van der Waals surface area contributed by atoms with E-state index in [9.17, 15) is 4.21 Å². The second-order valence-corrected chi connectivity index (χ2v) is 7.13. The van der Waals surface area contributed by atoms with Crippen molar-refractivity contribution in [3.05, 3.63) is 52.5 Å². The van der Waals surface area contributed by atoms with E-state index in [4.69, 9.17) is 22.1 Å². The molecular formula is C16H16ClNO2S. The summed E-state index contributed by atoms with van der Waals surface area (Å²) >= 11 is 6.10. The van der Waals surface area contributed by atoms with Crippen LogP contribution in [0.4, 0.5) is 5.69 Å². The largest absolute Gasteiger partial charge is 0.489 e. The van der Waals surface area contributed by atoms with E-state index in [2.05, 4.69) is 13.0 Å². The minimum absolute atomic E-state index is 0.0832. The van der Waals surface area contributed by atoms with Crippen molar-refractivity contribution in [2.75, 3.05) is 11.5 Å². The second kappa shape index (κ2) is 5.70. The number of nitrogen functional groups attached to an aromatic ring is 1. The van der Waals surface area contributed by atoms with Crippen molar-refractivity contribution in [1.29, 1.82) is 0 Å². The first-order chi connectivity index (χ1) is 10.0. The van der Waals surface area contributed by atoms with E-state index in [0.29, 0.717) is 21.4 Å². The molecule has 2 N–H and O–H groups in total. The summed E-state index contributed by atoms with van der Waals surface area (Å²) in [6, 6.07) is 11.2. The van der Waals surface area contributed by atoms with Crippen molar-refractivity contribution in [1.82, 2.24) is 0 Å². The van der Waals surface area contributed by atoms with Crippen LogP contribution in [0.3, 0.4) is 0 Å². The fourth-order valence-electron chi connectivity index (χ4n) is 2.50. The normalized spacial score (nSPS) is 18.1. The number of halogens is 1. The van der Waals surface area contributed by atoms with Gasteiger partial charge in [-0.25, -0.2) is 0 Å². The Balaban J connectivity index is 1.74. The van der Waals surface area contributed by atoms with Gasteiger partial charge in [0, 0.05) is 12.1 Å². The molecular weight excluding hydrogens is 306 g/mol. The standard InChI is InChI=1S/C16H16ClNO2S/c1-10-2-5-15-11(6-10)7-13(20-15)9-21(19)16-8-12(18)3-4-14(16)17/h2-6,8,13H,7,9,18H2,1H3. The first kappa shape index (κ1) is 14.4. The average Bonchev–Trinajstić information content (AvgIpc) is 2.82. The third kappa shape index (κ3) is 3.06. The Hall–Kier alpha value is -1.52. The van der Waals surface area contributed by atoms with Gasteiger partial charge in [0.25, 0.3) is 0 Å². The number of ether oxygens (including phenoxy) is 1. The van der Waals surface area contributed by atoms with Crippen LogP contribution in [0.5, 0.6) is 5.75 Å². The molecule has 2 atom stereocenters. The van der Waals surface area contributed by atoms with Gasteiger partial charge in [-0.15, -0.1) is 0 Å². The smallest absolute Gasteiger partial charge is 0.123 e. The number of hydrogen-bond acceptors (Lipinski definition) is 3. The third-order valence-electron chi connectivity index (χ3n) is 3.50. The van der Waals surface area contributed by atoms with Gasteiger partial charge in [-0.3, -0.25) is 4.21 Å². The minimum atomic E-state index is -1.23. The van der Waals surface area contributed by atoms with Crippen molar-refractivity contribution in [2.45, 2.75) is 24.3 Å². The third-order valence-corrected chi connectivity index (χ3v) is 5.44. The second-order valence-electron chi connectivity index (χ2n) is 5.26. The Morgan fingerprint density at radius 2 is 2.14 bits per heavy atom. The molecule has 110 valence electrons. The van der Waals surface area contributed by atoms with E-state index in [1.807, 2.05) is 12.1 Å². The summed E-state index contributed by atoms with van der Waals surface area (Å²) in [4.78, 5) is 0.576. The van der Waals surface area contributed by atoms with Crippen molar-refractivity contribution in [3.63, 3.8) is 0 Å². The molecule has 0 bridgehead atoms. The molecule has 0 saturated heterocycles. The van der Waals surface area contributed by atoms with Crippen LogP contribution in [0.15, 0.2) is 41.3 Å². The SMILES string of the molecule is Cc1ccc2c(c1)CC(CS(=O)c1cc(N)ccc1Cl)O2. The Kier molecular flexibility index (Phi) is 3.91. The topological polar surface area (TPSA) is 52.3 Å². The van der Waals surface area contributed by atoms with Crippen molar-refractivity contribution < 1.29 is 8.95 Å². The van der Waals surface area contributed by atoms with Gasteiger partial charge >= 0.3 is 0 Å². The monoisotopic (exact) mass is 321 g/mol. The van der Waals surface area contributed by atoms with Crippen LogP contribution in [-0.4, -0.2) is 16.1 Å². The lowest BCUT2D eigenvalue weighted by atomic mass is 10.1. The lowest BCUT2D eigenvalue weighted by molar-refractivity contribution is 0.258. The van der Waals surface area contributed by atoms with E-state index < -0.39 is 10.8 Å². The fourth-order valence-corrected chi connectivity index (χ4v) is 4.13. The number of rotatable bonds is 3. The predicted molar refractivity (Wildman–Crippen MR) is 86.4 cm³/mol. The number of aryl methyl sites for hydroxylation is 1. The molecule has 0 saturated carbocycles. The summed E-state index contributed by atoms with van der Waals surface area (Å²) in [7, 11) is -1.23. The van der Waals surface area contributed by atoms with Crippen molar-refractivity contribution in [2.24, 2.45) is 0 Å². The summed E-state index contributed by atoms with van der Waals surface area (Å²) in [5.41, 5.74) is 8.68. The minimum Gasteiger partial charge on any atom is -0.489 e. The van der Waals surface area contributed by atoms with Gasteiger partial charge in [0.1, 0.15) is 11.9 Å². The molecule has 21 heavy (non-hydrogen) atoms. The highest BCUT2D eigenvalue weighted by molar-refractivity contribution is 7.85. The maximum absolute atomic E-state index is 12.5. The number of nitrogens with two attached hydrogens (primary N) is 1. The van der Waals surface area contributed by atoms with Gasteiger partial charge in [0.05, 0.1) is 26.5 Å². The van der Waals surface area contributed by atoms with Crippen LogP contribution in [0.1, 0.15) is 11.1 Å². The van der Waals surface area contributed by atoms with Gasteiger partial charge in [-0.05, 0) is 36.8 Å². The highest BCUT2D eigenvalue weighted by Crippen LogP contribution is 2.31. The zero-order chi connectivity index (χ0) is 15.0. The Morgan fingerprint density at radius 1 is 1.33 bits per heavy atom. The molecule has 2 aromatic rings. The molecule has 0 fully saturated rings. The van der Waals surface area contributed by atoms with E-state index >= 15 is 0 Å². The van der Waals surface area contributed by atoms with Crippen molar-refractivity contribution in [3.8, 4) is 5.75 Å². The van der Waals surface area contributed by atoms with Crippen LogP contribution in [0.2, 0.25) is 5.02 Å². The molecule has 1 aliphatic heterocycles. The molecule has 2 aromatic carbocycles. The molecule has 3 nitrogen and oxygen atoms in total. The zero-order valence-corrected chi connectivity index (χ0v) is 13.2. The Bertz CT molecular complexity index is 717. The molecule has 0 aromatic heterocycles. The van der Waals surface area contributed by atoms with Gasteiger partial charge < -0.3 is 10.5 Å². The molecule has 3 rings (SSSR count). The number of hydrogen-bond donors (Lipinski definition) is 1. The van der Waals surface area contributed by atoms with Crippen molar-refractivity contribution >= 4 is 28.1 Å². The number of anilines is 1. The van der Waals surface area contributed by atoms with Gasteiger partial charge in [0.15, 0.2) is 0 Å². The zero-order valence-electron chi connectivity index (χ0n) is 11.6. The summed E-state index contributed by atoms with van der Waals surface area (Å²) in [5, 5.41) is 0.480. The molecule has 0 aliphatic carbocycles. The summed E-state index contributed by atoms with van der Waals surface area (Å²) in [6.45, 7) is 2.05. The van der Waals surface area contributed by atoms with Gasteiger partial charge in [-0.2, -0.15) is 0 Å². The fraction of sp³-hybridized carbons (Fsp3) is 0.250. The van der Waals surface area contributed by atoms with Crippen LogP contribution in [0, 0.1) is 6.92 Å². The van der Waals surface area contributed by atoms with Gasteiger partial charge in [-0.1, -0.05) is 29.3 Å². The van der Waals surface area contributed by atoms with Crippen LogP contribution in [-0.2, 0) is 17.2 Å². The summed E-state index contributed by atoms with van der Waals surface area (Å²) < 4.78 is 18.3. The maximum Gasteiger partial charge on any atom is 0.123 e. The quantitative estimate of drug-likeness (QED) is 0.882. The molecule has 2 unspecified atom stereocenters. The molecule has 0 amide bonds. The summed E-state index contributed by atoms with van der Waals surface area (Å²) in [5.74, 6) is 1.30. The molecule has 1 heterocycles. The summed E-state index contributed by atoms with van der Waals surface area (Å²) in [6.07, 6.45) is 0.697. The lowest BCUT2D eigenvalue weighted by Crippen LogP contribution is -2.21. The average molecular weight is 322 g/mol. The van der Waals surface area contributed by atoms with Crippen LogP contribution in [0.25, 0.3) is 0 Å². The van der Waals surface area contributed by atoms with E-state index in [0.717, 1.165) is 12.2 Å². The van der Waals surface area contributed by atoms with E-state index in [1.165, 1.54) is 11.1 Å². The molecule has 0 spiro atoms. The molecule has 1 aliphatic rings. The maximum atomic E-state index is 12.5. The predicted octanol–water partition coefficient (Wildman–Crippen LogP) is 3.34. The van der Waals surface area contributed by atoms with E-state index in [-0.39, 0.29) is 6.10 Å². The Labute approximate surface area is 131 Å².